The number of aromatic nitrogens is 1. The highest BCUT2D eigenvalue weighted by Gasteiger charge is 2.21. The number of ether oxygens (including phenoxy) is 3. The lowest BCUT2D eigenvalue weighted by molar-refractivity contribution is -0.141. The minimum absolute atomic E-state index is 0.0958. The molecule has 11 heteroatoms. The summed E-state index contributed by atoms with van der Waals surface area (Å²) in [6.45, 7) is -0.0996. The summed E-state index contributed by atoms with van der Waals surface area (Å²) in [5, 5.41) is 0. The van der Waals surface area contributed by atoms with Crippen molar-refractivity contribution in [3.8, 4) is 11.5 Å². The quantitative estimate of drug-likeness (QED) is 0.512. The van der Waals surface area contributed by atoms with Crippen LogP contribution in [0.3, 0.4) is 0 Å². The third kappa shape index (κ3) is 4.78. The van der Waals surface area contributed by atoms with Crippen LogP contribution >= 0.6 is 11.3 Å². The van der Waals surface area contributed by atoms with E-state index in [2.05, 4.69) is 4.99 Å². The maximum Gasteiger partial charge on any atom is 0.325 e. The first kappa shape index (κ1) is 21.1. The van der Waals surface area contributed by atoms with Gasteiger partial charge in [-0.1, -0.05) is 41.7 Å². The SMILES string of the molecule is COC(=O)Cn1c(=NC(=O)CS(=O)(=O)Cc2ccccc2)sc2cc3c(cc21)OCO3. The maximum absolute atomic E-state index is 12.5. The lowest BCUT2D eigenvalue weighted by Crippen LogP contribution is -2.24. The first-order valence-electron chi connectivity index (χ1n) is 9.16. The number of fused-ring (bicyclic) bond motifs is 2. The molecule has 9 nitrogen and oxygen atoms in total. The fourth-order valence-electron chi connectivity index (χ4n) is 3.10. The van der Waals surface area contributed by atoms with Crippen molar-refractivity contribution in [2.45, 2.75) is 12.3 Å². The van der Waals surface area contributed by atoms with E-state index in [9.17, 15) is 18.0 Å². The van der Waals surface area contributed by atoms with E-state index >= 15 is 0 Å². The smallest absolute Gasteiger partial charge is 0.325 e. The molecule has 0 aliphatic carbocycles. The molecule has 3 aromatic rings. The Bertz CT molecular complexity index is 1320. The van der Waals surface area contributed by atoms with Gasteiger partial charge in [-0.25, -0.2) is 8.42 Å². The number of hydrogen-bond donors (Lipinski definition) is 0. The molecule has 0 spiro atoms. The molecular weight excluding hydrogens is 444 g/mol. The molecule has 0 saturated heterocycles. The van der Waals surface area contributed by atoms with E-state index in [0.717, 1.165) is 11.3 Å². The van der Waals surface area contributed by atoms with Gasteiger partial charge in [-0.05, 0) is 5.56 Å². The molecule has 0 bridgehead atoms. The van der Waals surface area contributed by atoms with Crippen molar-refractivity contribution in [3.63, 3.8) is 0 Å². The van der Waals surface area contributed by atoms with Crippen LogP contribution < -0.4 is 14.3 Å². The van der Waals surface area contributed by atoms with Gasteiger partial charge >= 0.3 is 5.97 Å². The number of carbonyl (C=O) groups excluding carboxylic acids is 2. The summed E-state index contributed by atoms with van der Waals surface area (Å²) < 4.78 is 42.5. The van der Waals surface area contributed by atoms with Crippen molar-refractivity contribution in [2.75, 3.05) is 19.7 Å². The van der Waals surface area contributed by atoms with Gasteiger partial charge in [0, 0.05) is 12.1 Å². The average Bonchev–Trinajstić information content (AvgIpc) is 3.30. The summed E-state index contributed by atoms with van der Waals surface area (Å²) in [7, 11) is -2.46. The highest BCUT2D eigenvalue weighted by molar-refractivity contribution is 7.91. The highest BCUT2D eigenvalue weighted by atomic mass is 32.2. The van der Waals surface area contributed by atoms with Crippen LogP contribution in [0.2, 0.25) is 0 Å². The fraction of sp³-hybridized carbons (Fsp3) is 0.250. The van der Waals surface area contributed by atoms with Gasteiger partial charge in [0.2, 0.25) is 6.79 Å². The largest absolute Gasteiger partial charge is 0.468 e. The molecule has 2 heterocycles. The zero-order valence-corrected chi connectivity index (χ0v) is 18.1. The topological polar surface area (TPSA) is 113 Å². The van der Waals surface area contributed by atoms with Crippen molar-refractivity contribution in [3.05, 3.63) is 52.8 Å². The summed E-state index contributed by atoms with van der Waals surface area (Å²) in [5.74, 6) is -1.30. The lowest BCUT2D eigenvalue weighted by Gasteiger charge is -2.05. The summed E-state index contributed by atoms with van der Waals surface area (Å²) in [6, 6.07) is 12.0. The molecular formula is C20H18N2O7S2. The lowest BCUT2D eigenvalue weighted by atomic mass is 10.2. The molecule has 0 fully saturated rings. The number of thiazole rings is 1. The first-order valence-corrected chi connectivity index (χ1v) is 11.8. The fourth-order valence-corrected chi connectivity index (χ4v) is 5.40. The molecule has 1 aliphatic rings. The van der Waals surface area contributed by atoms with Gasteiger partial charge in [-0.15, -0.1) is 0 Å². The van der Waals surface area contributed by atoms with Crippen LogP contribution in [0.4, 0.5) is 0 Å². The predicted molar refractivity (Wildman–Crippen MR) is 112 cm³/mol. The van der Waals surface area contributed by atoms with Crippen LogP contribution in [0.15, 0.2) is 47.5 Å². The second kappa shape index (κ2) is 8.52. The molecule has 0 radical (unpaired) electrons. The van der Waals surface area contributed by atoms with E-state index in [0.29, 0.717) is 27.3 Å². The molecule has 31 heavy (non-hydrogen) atoms. The number of rotatable bonds is 6. The number of nitrogens with zero attached hydrogens (tertiary/aromatic N) is 2. The average molecular weight is 463 g/mol. The van der Waals surface area contributed by atoms with E-state index in [1.54, 1.807) is 42.5 Å². The van der Waals surface area contributed by atoms with E-state index in [1.165, 1.54) is 11.7 Å². The maximum atomic E-state index is 12.5. The summed E-state index contributed by atoms with van der Waals surface area (Å²) in [6.07, 6.45) is 0. The van der Waals surface area contributed by atoms with Crippen molar-refractivity contribution in [2.24, 2.45) is 4.99 Å². The Hall–Kier alpha value is -3.18. The van der Waals surface area contributed by atoms with Crippen molar-refractivity contribution >= 4 is 43.3 Å². The van der Waals surface area contributed by atoms with Gasteiger partial charge in [0.05, 0.1) is 23.1 Å². The van der Waals surface area contributed by atoms with Crippen molar-refractivity contribution in [1.82, 2.24) is 4.57 Å². The number of esters is 1. The predicted octanol–water partition coefficient (Wildman–Crippen LogP) is 1.65. The molecule has 1 aromatic heterocycles. The number of benzene rings is 2. The third-order valence-electron chi connectivity index (χ3n) is 4.49. The second-order valence-corrected chi connectivity index (χ2v) is 9.82. The Balaban J connectivity index is 1.67. The van der Waals surface area contributed by atoms with Gasteiger partial charge in [0.25, 0.3) is 5.91 Å². The monoisotopic (exact) mass is 462 g/mol. The first-order chi connectivity index (χ1) is 14.8. The van der Waals surface area contributed by atoms with Crippen LogP contribution in [0.25, 0.3) is 10.2 Å². The normalized spacial score (nSPS) is 13.5. The Kier molecular flexibility index (Phi) is 5.79. The van der Waals surface area contributed by atoms with Crippen molar-refractivity contribution in [1.29, 1.82) is 0 Å². The molecule has 1 aliphatic heterocycles. The van der Waals surface area contributed by atoms with E-state index in [-0.39, 0.29) is 23.9 Å². The highest BCUT2D eigenvalue weighted by Crippen LogP contribution is 2.37. The van der Waals surface area contributed by atoms with Gasteiger partial charge in [-0.3, -0.25) is 9.59 Å². The number of carbonyl (C=O) groups is 2. The third-order valence-corrected chi connectivity index (χ3v) is 6.99. The molecule has 0 atom stereocenters. The Morgan fingerprint density at radius 2 is 1.87 bits per heavy atom. The molecule has 162 valence electrons. The Morgan fingerprint density at radius 1 is 1.16 bits per heavy atom. The molecule has 0 unspecified atom stereocenters. The number of methoxy groups -OCH3 is 1. The van der Waals surface area contributed by atoms with E-state index < -0.39 is 27.5 Å². The minimum Gasteiger partial charge on any atom is -0.468 e. The molecule has 1 amide bonds. The van der Waals surface area contributed by atoms with Crippen LogP contribution in [0.5, 0.6) is 11.5 Å². The van der Waals surface area contributed by atoms with Crippen LogP contribution in [0.1, 0.15) is 5.56 Å². The van der Waals surface area contributed by atoms with Gasteiger partial charge in [-0.2, -0.15) is 4.99 Å². The molecule has 0 N–H and O–H groups in total. The zero-order chi connectivity index (χ0) is 22.0. The Morgan fingerprint density at radius 3 is 2.58 bits per heavy atom. The number of hydrogen-bond acceptors (Lipinski definition) is 8. The second-order valence-electron chi connectivity index (χ2n) is 6.74. The van der Waals surface area contributed by atoms with Gasteiger partial charge in [0.15, 0.2) is 26.1 Å². The number of sulfone groups is 1. The molecule has 0 saturated carbocycles. The zero-order valence-electron chi connectivity index (χ0n) is 16.4. The summed E-state index contributed by atoms with van der Waals surface area (Å²) >= 11 is 1.14. The van der Waals surface area contributed by atoms with Crippen LogP contribution in [-0.4, -0.2) is 44.5 Å². The molecule has 2 aromatic carbocycles. The van der Waals surface area contributed by atoms with Gasteiger partial charge < -0.3 is 18.8 Å². The van der Waals surface area contributed by atoms with Crippen LogP contribution in [0, 0.1) is 0 Å². The Labute approximate surface area is 181 Å². The van der Waals surface area contributed by atoms with Crippen LogP contribution in [-0.2, 0) is 36.5 Å². The van der Waals surface area contributed by atoms with E-state index in [4.69, 9.17) is 14.2 Å². The summed E-state index contributed by atoms with van der Waals surface area (Å²) in [4.78, 5) is 28.6. The van der Waals surface area contributed by atoms with Gasteiger partial charge in [0.1, 0.15) is 12.3 Å². The van der Waals surface area contributed by atoms with E-state index in [1.807, 2.05) is 0 Å². The molecule has 4 rings (SSSR count). The summed E-state index contributed by atoms with van der Waals surface area (Å²) in [5.41, 5.74) is 1.19. The van der Waals surface area contributed by atoms with Crippen molar-refractivity contribution < 1.29 is 32.2 Å². The minimum atomic E-state index is -3.71. The standard InChI is InChI=1S/C20H18N2O7S2/c1-27-19(24)9-22-14-7-15-16(29-12-28-15)8-17(14)30-20(22)21-18(23)11-31(25,26)10-13-5-3-2-4-6-13/h2-8H,9-12H2,1H3. The number of amides is 1.